The van der Waals surface area contributed by atoms with Crippen molar-refractivity contribution >= 4 is 23.8 Å². The van der Waals surface area contributed by atoms with Crippen molar-refractivity contribution in [3.05, 3.63) is 148 Å². The Morgan fingerprint density at radius 1 is 0.892 bits per heavy atom. The second kappa shape index (κ2) is 22.4. The minimum absolute atomic E-state index is 0.0176. The Morgan fingerprint density at radius 2 is 1.62 bits per heavy atom. The first-order valence-electron chi connectivity index (χ1n) is 25.0. The van der Waals surface area contributed by atoms with Crippen LogP contribution in [0.1, 0.15) is 68.1 Å². The average Bonchev–Trinajstić information content (AvgIpc) is 4.06. The maximum atomic E-state index is 14.9. The number of fused-ring (bicyclic) bond motifs is 12. The molecule has 1 saturated heterocycles. The fourth-order valence-electron chi connectivity index (χ4n) is 11.8. The van der Waals surface area contributed by atoms with Gasteiger partial charge in [0.2, 0.25) is 6.79 Å². The molecular formula is C58H62N4O11S. The Hall–Kier alpha value is -6.74. The van der Waals surface area contributed by atoms with Gasteiger partial charge < -0.3 is 47.9 Å². The average molecular weight is 1020 g/mol. The summed E-state index contributed by atoms with van der Waals surface area (Å²) in [5.41, 5.74) is 10.9. The Labute approximate surface area is 436 Å². The number of ether oxygens (including phenoxy) is 9. The molecule has 74 heavy (non-hydrogen) atoms. The number of likely N-dealkylation sites (N-methyl/N-ethyl adjacent to an activating group) is 1. The summed E-state index contributed by atoms with van der Waals surface area (Å²) in [6, 6.07) is 27.5. The normalized spacial score (nSPS) is 20.4. The van der Waals surface area contributed by atoms with Gasteiger partial charge in [-0.1, -0.05) is 97.6 Å². The lowest BCUT2D eigenvalue weighted by molar-refractivity contribution is -0.150. The van der Waals surface area contributed by atoms with Crippen LogP contribution in [0.15, 0.2) is 97.6 Å². The third kappa shape index (κ3) is 9.52. The van der Waals surface area contributed by atoms with Crippen LogP contribution in [0.3, 0.4) is 0 Å². The van der Waals surface area contributed by atoms with Crippen LogP contribution in [0.25, 0.3) is 11.1 Å². The molecule has 0 spiro atoms. The van der Waals surface area contributed by atoms with Gasteiger partial charge in [-0.15, -0.1) is 0 Å². The second-order valence-corrected chi connectivity index (χ2v) is 20.2. The first-order valence-corrected chi connectivity index (χ1v) is 26.2. The predicted octanol–water partition coefficient (Wildman–Crippen LogP) is 8.76. The van der Waals surface area contributed by atoms with Crippen molar-refractivity contribution in [1.82, 2.24) is 15.1 Å². The highest BCUT2D eigenvalue weighted by molar-refractivity contribution is 7.99. The number of rotatable bonds is 20. The number of thioether (sulfide) groups is 1. The van der Waals surface area contributed by atoms with E-state index >= 15 is 0 Å². The molecule has 15 nitrogen and oxygen atoms in total. The molecule has 5 aromatic rings. The van der Waals surface area contributed by atoms with Crippen molar-refractivity contribution in [2.24, 2.45) is 0 Å². The smallest absolute Gasteiger partial charge is 0.408 e. The lowest BCUT2D eigenvalue weighted by Gasteiger charge is -2.60. The Morgan fingerprint density at radius 3 is 2.34 bits per heavy atom. The lowest BCUT2D eigenvalue weighted by atomic mass is 9.71. The van der Waals surface area contributed by atoms with E-state index in [-0.39, 0.29) is 57.2 Å². The fourth-order valence-corrected chi connectivity index (χ4v) is 13.0. The molecular weight excluding hydrogens is 961 g/mol. The van der Waals surface area contributed by atoms with Crippen LogP contribution >= 0.6 is 11.8 Å². The summed E-state index contributed by atoms with van der Waals surface area (Å²) in [6.07, 6.45) is 1.89. The summed E-state index contributed by atoms with van der Waals surface area (Å²) >= 11 is 1.56. The number of nitriles is 1. The molecule has 1 aliphatic carbocycles. The number of hydrogen-bond donors (Lipinski definition) is 1. The summed E-state index contributed by atoms with van der Waals surface area (Å²) in [5.74, 6) is 3.11. The number of methoxy groups -OCH3 is 2. The zero-order valence-corrected chi connectivity index (χ0v) is 43.2. The van der Waals surface area contributed by atoms with Crippen molar-refractivity contribution in [3.8, 4) is 45.9 Å². The summed E-state index contributed by atoms with van der Waals surface area (Å²) in [4.78, 5) is 33.1. The highest BCUT2D eigenvalue weighted by Gasteiger charge is 2.57. The van der Waals surface area contributed by atoms with Gasteiger partial charge in [-0.3, -0.25) is 9.80 Å². The van der Waals surface area contributed by atoms with Gasteiger partial charge in [0.15, 0.2) is 29.8 Å². The summed E-state index contributed by atoms with van der Waals surface area (Å²) < 4.78 is 55.0. The largest absolute Gasteiger partial charge is 0.493 e. The van der Waals surface area contributed by atoms with Crippen molar-refractivity contribution in [2.75, 3.05) is 72.8 Å². The van der Waals surface area contributed by atoms with E-state index < -0.39 is 36.2 Å². The summed E-state index contributed by atoms with van der Waals surface area (Å²) in [5, 5.41) is 14.3. The van der Waals surface area contributed by atoms with E-state index in [0.29, 0.717) is 60.6 Å². The Bertz CT molecular complexity index is 2900. The zero-order chi connectivity index (χ0) is 51.5. The predicted molar refractivity (Wildman–Crippen MR) is 279 cm³/mol. The molecule has 2 bridgehead atoms. The van der Waals surface area contributed by atoms with Gasteiger partial charge in [-0.2, -0.15) is 17.0 Å². The van der Waals surface area contributed by atoms with Crippen LogP contribution in [-0.2, 0) is 43.2 Å². The van der Waals surface area contributed by atoms with E-state index in [9.17, 15) is 14.9 Å². The summed E-state index contributed by atoms with van der Waals surface area (Å²) in [6.45, 7) is 8.60. The van der Waals surface area contributed by atoms with Gasteiger partial charge in [0.25, 0.3) is 0 Å². The molecule has 5 aromatic carbocycles. The molecule has 386 valence electrons. The van der Waals surface area contributed by atoms with Crippen molar-refractivity contribution < 1.29 is 52.2 Å². The minimum Gasteiger partial charge on any atom is -0.493 e. The molecule has 1 N–H and O–H groups in total. The van der Waals surface area contributed by atoms with Crippen molar-refractivity contribution in [1.29, 1.82) is 5.26 Å². The number of carbonyl (C=O) groups is 2. The van der Waals surface area contributed by atoms with Crippen LogP contribution in [0.2, 0.25) is 0 Å². The number of esters is 1. The summed E-state index contributed by atoms with van der Waals surface area (Å²) in [7, 11) is 5.31. The topological polar surface area (TPSA) is 160 Å². The molecule has 4 aliphatic heterocycles. The third-order valence-electron chi connectivity index (χ3n) is 15.0. The molecule has 0 saturated carbocycles. The molecule has 1 amide bonds. The molecule has 5 aliphatic rings. The maximum Gasteiger partial charge on any atom is 0.408 e. The first kappa shape index (κ1) is 50.8. The van der Waals surface area contributed by atoms with Gasteiger partial charge in [0, 0.05) is 58.9 Å². The molecule has 2 unspecified atom stereocenters. The quantitative estimate of drug-likeness (QED) is 0.0341. The highest BCUT2D eigenvalue weighted by atomic mass is 32.2. The Balaban J connectivity index is 1.01. The van der Waals surface area contributed by atoms with E-state index in [1.54, 1.807) is 32.1 Å². The molecule has 0 radical (unpaired) electrons. The van der Waals surface area contributed by atoms with Crippen LogP contribution < -0.4 is 29.0 Å². The molecule has 1 fully saturated rings. The fraction of sp³-hybridized carbons (Fsp3) is 0.397. The number of hydrogen-bond acceptors (Lipinski definition) is 15. The molecule has 6 atom stereocenters. The van der Waals surface area contributed by atoms with Gasteiger partial charge in [0.1, 0.15) is 37.7 Å². The maximum absolute atomic E-state index is 14.9. The van der Waals surface area contributed by atoms with Crippen LogP contribution in [0.5, 0.6) is 28.7 Å². The van der Waals surface area contributed by atoms with Gasteiger partial charge in [0.05, 0.1) is 38.5 Å². The monoisotopic (exact) mass is 1020 g/mol. The second-order valence-electron chi connectivity index (χ2n) is 19.1. The van der Waals surface area contributed by atoms with Crippen molar-refractivity contribution in [2.45, 2.75) is 75.5 Å². The van der Waals surface area contributed by atoms with E-state index in [2.05, 4.69) is 89.4 Å². The first-order chi connectivity index (χ1) is 36.2. The zero-order valence-electron chi connectivity index (χ0n) is 42.4. The van der Waals surface area contributed by atoms with Crippen molar-refractivity contribution in [3.63, 3.8) is 0 Å². The Kier molecular flexibility index (Phi) is 15.4. The molecule has 10 rings (SSSR count). The van der Waals surface area contributed by atoms with Gasteiger partial charge in [-0.05, 0) is 72.7 Å². The standard InChI is InChI=1S/C58H62N4O11S/c1-7-21-68-53-35(3)54-56(73-33-72-54)50-42(53)26-46-51-49-37(24-34(2)52(66-6)55(49)71-32-67-23-22-65-5)25-45(61(51)4)47(27-59)62(46)48(50)29-69-57(63)44(60-58(64)70-28-36-15-9-8-10-16-36)31-74-30-43-40-19-13-11-17-38(40)39-18-12-14-20-41(39)43/h7-20,24,43-48,51H,1,21-23,25-26,28-33H2,2-6H3,(H,60,64)/t44-,45+,46?,47?,48+,51+/m1/s1. The van der Waals surface area contributed by atoms with Crippen LogP contribution in [0.4, 0.5) is 4.79 Å². The molecule has 16 heteroatoms. The lowest BCUT2D eigenvalue weighted by Crippen LogP contribution is -2.68. The van der Waals surface area contributed by atoms with Gasteiger partial charge >= 0.3 is 12.1 Å². The van der Waals surface area contributed by atoms with E-state index in [0.717, 1.165) is 38.9 Å². The SMILES string of the molecule is C=CCOc1c(C)c2c(c3c1CC1[C@H]4c5c(cc(C)c(OC)c5OCOCCOC)C[C@@H](C(C#N)N1[C@H]3COC(=O)[C@@H](CSCC1c3ccccc3-c3ccccc31)NC(=O)OCc1ccccc1)N4C)OCO2. The van der Waals surface area contributed by atoms with E-state index in [1.807, 2.05) is 44.2 Å². The van der Waals surface area contributed by atoms with E-state index in [1.165, 1.54) is 22.3 Å². The number of benzene rings is 5. The van der Waals surface area contributed by atoms with E-state index in [4.69, 9.17) is 42.6 Å². The highest BCUT2D eigenvalue weighted by Crippen LogP contribution is 2.59. The third-order valence-corrected chi connectivity index (χ3v) is 16.2. The van der Waals surface area contributed by atoms with Crippen LogP contribution in [0, 0.1) is 25.2 Å². The number of amides is 1. The number of aryl methyl sites for hydroxylation is 1. The van der Waals surface area contributed by atoms with Gasteiger partial charge in [-0.25, -0.2) is 9.59 Å². The number of nitrogens with one attached hydrogen (secondary N) is 1. The number of nitrogens with zero attached hydrogens (tertiary/aromatic N) is 3. The number of alkyl carbamates (subject to hydrolysis) is 1. The molecule has 4 heterocycles. The van der Waals surface area contributed by atoms with Crippen LogP contribution in [-0.4, -0.2) is 119 Å². The minimum atomic E-state index is -1.10. The number of carbonyl (C=O) groups excluding carboxylic acids is 2. The molecule has 0 aromatic heterocycles. The number of piperazine rings is 1.